The molecule has 0 spiro atoms. The molecular weight excluding hydrogens is 424 g/mol. The lowest BCUT2D eigenvalue weighted by Gasteiger charge is -2.31. The fraction of sp³-hybridized carbons (Fsp3) is 0.310. The van der Waals surface area contributed by atoms with Gasteiger partial charge in [0.05, 0.1) is 6.61 Å². The molecule has 5 nitrogen and oxygen atoms in total. The molecular formula is C29H34N2O3. The lowest BCUT2D eigenvalue weighted by Crippen LogP contribution is -2.49. The fourth-order valence-electron chi connectivity index (χ4n) is 3.92. The van der Waals surface area contributed by atoms with E-state index in [0.29, 0.717) is 32.4 Å². The van der Waals surface area contributed by atoms with Crippen molar-refractivity contribution in [1.82, 2.24) is 10.2 Å². The van der Waals surface area contributed by atoms with Gasteiger partial charge in [0, 0.05) is 26.4 Å². The van der Waals surface area contributed by atoms with Gasteiger partial charge in [0.2, 0.25) is 11.8 Å². The van der Waals surface area contributed by atoms with Gasteiger partial charge in [0.25, 0.3) is 0 Å². The minimum absolute atomic E-state index is 0.0569. The van der Waals surface area contributed by atoms with Gasteiger partial charge in [-0.25, -0.2) is 0 Å². The van der Waals surface area contributed by atoms with Crippen molar-refractivity contribution in [2.45, 2.75) is 45.7 Å². The second kappa shape index (κ2) is 12.6. The summed E-state index contributed by atoms with van der Waals surface area (Å²) in [6, 6.07) is 25.2. The van der Waals surface area contributed by atoms with Crippen molar-refractivity contribution < 1.29 is 14.3 Å². The molecule has 0 heterocycles. The Hall–Kier alpha value is -3.60. The number of hydrogen-bond acceptors (Lipinski definition) is 3. The Morgan fingerprint density at radius 1 is 0.882 bits per heavy atom. The number of carbonyl (C=O) groups is 2. The highest BCUT2D eigenvalue weighted by Crippen LogP contribution is 2.18. The molecule has 0 aliphatic heterocycles. The van der Waals surface area contributed by atoms with Gasteiger partial charge in [-0.05, 0) is 43.5 Å². The molecule has 0 aliphatic rings. The molecule has 0 saturated carbocycles. The fourth-order valence-corrected chi connectivity index (χ4v) is 3.92. The quantitative estimate of drug-likeness (QED) is 0.418. The number of nitrogens with one attached hydrogen (secondary N) is 1. The summed E-state index contributed by atoms with van der Waals surface area (Å²) in [4.78, 5) is 28.1. The van der Waals surface area contributed by atoms with Crippen molar-refractivity contribution >= 4 is 11.8 Å². The lowest BCUT2D eigenvalue weighted by molar-refractivity contribution is -0.141. The van der Waals surface area contributed by atoms with E-state index in [4.69, 9.17) is 4.74 Å². The first-order chi connectivity index (χ1) is 16.5. The Morgan fingerprint density at radius 2 is 1.59 bits per heavy atom. The van der Waals surface area contributed by atoms with E-state index in [9.17, 15) is 9.59 Å². The molecule has 0 aromatic heterocycles. The normalized spacial score (nSPS) is 11.5. The van der Waals surface area contributed by atoms with Crippen molar-refractivity contribution in [2.24, 2.45) is 0 Å². The van der Waals surface area contributed by atoms with Gasteiger partial charge < -0.3 is 15.0 Å². The van der Waals surface area contributed by atoms with Gasteiger partial charge in [-0.2, -0.15) is 0 Å². The molecule has 0 saturated heterocycles. The number of nitrogens with zero attached hydrogens (tertiary/aromatic N) is 1. The molecule has 2 amide bonds. The van der Waals surface area contributed by atoms with E-state index in [1.807, 2.05) is 86.6 Å². The molecule has 1 N–H and O–H groups in total. The van der Waals surface area contributed by atoms with Gasteiger partial charge in [-0.3, -0.25) is 9.59 Å². The zero-order chi connectivity index (χ0) is 24.3. The van der Waals surface area contributed by atoms with E-state index in [1.54, 1.807) is 11.9 Å². The number of hydrogen-bond donors (Lipinski definition) is 1. The second-order valence-electron chi connectivity index (χ2n) is 8.60. The first-order valence-electron chi connectivity index (χ1n) is 11.8. The maximum atomic E-state index is 13.4. The maximum Gasteiger partial charge on any atom is 0.242 e. The molecule has 0 radical (unpaired) electrons. The minimum Gasteiger partial charge on any atom is -0.494 e. The molecule has 5 heteroatoms. The van der Waals surface area contributed by atoms with Crippen LogP contribution in [0.3, 0.4) is 0 Å². The Balaban J connectivity index is 1.74. The van der Waals surface area contributed by atoms with Crippen molar-refractivity contribution in [2.75, 3.05) is 13.7 Å². The van der Waals surface area contributed by atoms with Crippen LogP contribution in [0.25, 0.3) is 0 Å². The highest BCUT2D eigenvalue weighted by molar-refractivity contribution is 5.87. The van der Waals surface area contributed by atoms with Crippen LogP contribution in [0.1, 0.15) is 35.1 Å². The van der Waals surface area contributed by atoms with E-state index < -0.39 is 6.04 Å². The molecule has 0 unspecified atom stereocenters. The van der Waals surface area contributed by atoms with E-state index >= 15 is 0 Å². The van der Waals surface area contributed by atoms with E-state index in [0.717, 1.165) is 22.4 Å². The largest absolute Gasteiger partial charge is 0.494 e. The van der Waals surface area contributed by atoms with E-state index in [1.165, 1.54) is 5.56 Å². The predicted molar refractivity (Wildman–Crippen MR) is 136 cm³/mol. The Morgan fingerprint density at radius 3 is 2.26 bits per heavy atom. The monoisotopic (exact) mass is 458 g/mol. The number of carbonyl (C=O) groups excluding carboxylic acids is 2. The van der Waals surface area contributed by atoms with Crippen LogP contribution in [0, 0.1) is 13.8 Å². The molecule has 178 valence electrons. The molecule has 0 aliphatic carbocycles. The van der Waals surface area contributed by atoms with Crippen LogP contribution in [0.5, 0.6) is 5.75 Å². The molecule has 3 aromatic carbocycles. The summed E-state index contributed by atoms with van der Waals surface area (Å²) in [7, 11) is 1.62. The summed E-state index contributed by atoms with van der Waals surface area (Å²) < 4.78 is 5.80. The summed E-state index contributed by atoms with van der Waals surface area (Å²) in [6.45, 7) is 4.88. The number of ether oxygens (including phenoxy) is 1. The average Bonchev–Trinajstić information content (AvgIpc) is 2.85. The number of amides is 2. The summed E-state index contributed by atoms with van der Waals surface area (Å²) in [5, 5.41) is 2.75. The van der Waals surface area contributed by atoms with Crippen molar-refractivity contribution in [3.05, 3.63) is 101 Å². The summed E-state index contributed by atoms with van der Waals surface area (Å²) in [6.07, 6.45) is 1.33. The molecule has 0 bridgehead atoms. The number of likely N-dealkylation sites (N-methyl/N-ethyl adjacent to an activating group) is 1. The van der Waals surface area contributed by atoms with Gasteiger partial charge in [0.15, 0.2) is 0 Å². The first kappa shape index (κ1) is 25.0. The molecule has 3 aromatic rings. The zero-order valence-electron chi connectivity index (χ0n) is 20.3. The van der Waals surface area contributed by atoms with Crippen LogP contribution < -0.4 is 10.1 Å². The third-order valence-electron chi connectivity index (χ3n) is 5.78. The van der Waals surface area contributed by atoms with Gasteiger partial charge in [0.1, 0.15) is 11.8 Å². The number of rotatable bonds is 11. The highest BCUT2D eigenvalue weighted by Gasteiger charge is 2.29. The van der Waals surface area contributed by atoms with Crippen LogP contribution in [-0.2, 0) is 22.6 Å². The summed E-state index contributed by atoms with van der Waals surface area (Å²) >= 11 is 0. The van der Waals surface area contributed by atoms with Crippen LogP contribution >= 0.6 is 0 Å². The molecule has 0 fully saturated rings. The van der Waals surface area contributed by atoms with Crippen molar-refractivity contribution in [1.29, 1.82) is 0 Å². The average molecular weight is 459 g/mol. The standard InChI is InChI=1S/C29H34N2O3/c1-22-14-16-26(17-15-22)34-18-8-13-28(32)31(21-25-12-7-9-23(2)19-25)27(29(33)30-3)20-24-10-5-4-6-11-24/h4-7,9-12,14-17,19,27H,8,13,18,20-21H2,1-3H3,(H,30,33)/t27-/m0/s1. The lowest BCUT2D eigenvalue weighted by atomic mass is 10.0. The van der Waals surface area contributed by atoms with Crippen LogP contribution in [0.15, 0.2) is 78.9 Å². The van der Waals surface area contributed by atoms with Crippen LogP contribution in [-0.4, -0.2) is 36.4 Å². The Kier molecular flexibility index (Phi) is 9.27. The van der Waals surface area contributed by atoms with Gasteiger partial charge >= 0.3 is 0 Å². The third kappa shape index (κ3) is 7.48. The minimum atomic E-state index is -0.599. The highest BCUT2D eigenvalue weighted by atomic mass is 16.5. The number of aryl methyl sites for hydroxylation is 2. The van der Waals surface area contributed by atoms with Crippen LogP contribution in [0.4, 0.5) is 0 Å². The third-order valence-corrected chi connectivity index (χ3v) is 5.78. The molecule has 3 rings (SSSR count). The molecule has 34 heavy (non-hydrogen) atoms. The first-order valence-corrected chi connectivity index (χ1v) is 11.8. The maximum absolute atomic E-state index is 13.4. The Labute approximate surface area is 202 Å². The predicted octanol–water partition coefficient (Wildman–Crippen LogP) is 4.85. The van der Waals surface area contributed by atoms with Gasteiger partial charge in [-0.15, -0.1) is 0 Å². The number of benzene rings is 3. The Bertz CT molecular complexity index is 1060. The summed E-state index contributed by atoms with van der Waals surface area (Å²) in [5.41, 5.74) is 4.32. The van der Waals surface area contributed by atoms with Gasteiger partial charge in [-0.1, -0.05) is 77.9 Å². The summed E-state index contributed by atoms with van der Waals surface area (Å²) in [5.74, 6) is 0.571. The SMILES string of the molecule is CNC(=O)[C@H](Cc1ccccc1)N(Cc1cccc(C)c1)C(=O)CCCOc1ccc(C)cc1. The smallest absolute Gasteiger partial charge is 0.242 e. The van der Waals surface area contributed by atoms with E-state index in [2.05, 4.69) is 11.4 Å². The van der Waals surface area contributed by atoms with E-state index in [-0.39, 0.29) is 11.8 Å². The second-order valence-corrected chi connectivity index (χ2v) is 8.60. The topological polar surface area (TPSA) is 58.6 Å². The zero-order valence-corrected chi connectivity index (χ0v) is 20.3. The van der Waals surface area contributed by atoms with Crippen molar-refractivity contribution in [3.63, 3.8) is 0 Å². The molecule has 1 atom stereocenters. The van der Waals surface area contributed by atoms with Crippen LogP contribution in [0.2, 0.25) is 0 Å². The van der Waals surface area contributed by atoms with Crippen molar-refractivity contribution in [3.8, 4) is 5.75 Å².